The molecule has 0 aliphatic carbocycles. The van der Waals surface area contributed by atoms with Gasteiger partial charge in [0.15, 0.2) is 5.78 Å². The Kier molecular flexibility index (Phi) is 5.55. The first-order chi connectivity index (χ1) is 11.0. The third kappa shape index (κ3) is 4.69. The molecule has 0 saturated carbocycles. The molecule has 0 radical (unpaired) electrons. The summed E-state index contributed by atoms with van der Waals surface area (Å²) in [6.07, 6.45) is 1.27. The van der Waals surface area contributed by atoms with Crippen molar-refractivity contribution in [1.82, 2.24) is 0 Å². The number of allylic oxidation sites excluding steroid dienone is 2. The van der Waals surface area contributed by atoms with Crippen molar-refractivity contribution in [3.63, 3.8) is 0 Å². The van der Waals surface area contributed by atoms with Crippen LogP contribution in [0, 0.1) is 0 Å². The Morgan fingerprint density at radius 2 is 1.52 bits per heavy atom. The molecule has 23 heavy (non-hydrogen) atoms. The number of hydrogen-bond donors (Lipinski definition) is 0. The SMILES string of the molecule is COc1ccc(C(=O)O/C(C)=C/C(=O)c2ccc(Cl)cc2)cc1. The zero-order valence-electron chi connectivity index (χ0n) is 12.7. The van der Waals surface area contributed by atoms with Gasteiger partial charge in [-0.25, -0.2) is 4.79 Å². The Hall–Kier alpha value is -2.59. The minimum Gasteiger partial charge on any atom is -0.497 e. The van der Waals surface area contributed by atoms with Crippen LogP contribution in [0.4, 0.5) is 0 Å². The molecule has 0 saturated heterocycles. The number of methoxy groups -OCH3 is 1. The molecule has 0 atom stereocenters. The van der Waals surface area contributed by atoms with E-state index in [0.717, 1.165) is 0 Å². The molecule has 0 spiro atoms. The lowest BCUT2D eigenvalue weighted by molar-refractivity contribution is 0.0625. The van der Waals surface area contributed by atoms with Crippen LogP contribution in [0.15, 0.2) is 60.4 Å². The van der Waals surface area contributed by atoms with Gasteiger partial charge in [0, 0.05) is 16.7 Å². The number of benzene rings is 2. The van der Waals surface area contributed by atoms with E-state index in [9.17, 15) is 9.59 Å². The van der Waals surface area contributed by atoms with E-state index in [-0.39, 0.29) is 11.5 Å². The molecular weight excluding hydrogens is 316 g/mol. The molecule has 118 valence electrons. The minimum absolute atomic E-state index is 0.214. The van der Waals surface area contributed by atoms with Crippen molar-refractivity contribution >= 4 is 23.4 Å². The van der Waals surface area contributed by atoms with Gasteiger partial charge in [-0.3, -0.25) is 4.79 Å². The van der Waals surface area contributed by atoms with Gasteiger partial charge >= 0.3 is 5.97 Å². The van der Waals surface area contributed by atoms with E-state index < -0.39 is 5.97 Å². The normalized spacial score (nSPS) is 11.0. The molecule has 0 bridgehead atoms. The first kappa shape index (κ1) is 16.8. The maximum Gasteiger partial charge on any atom is 0.343 e. The number of hydrogen-bond acceptors (Lipinski definition) is 4. The van der Waals surface area contributed by atoms with E-state index >= 15 is 0 Å². The molecule has 4 nitrogen and oxygen atoms in total. The van der Waals surface area contributed by atoms with E-state index in [1.54, 1.807) is 62.6 Å². The fourth-order valence-electron chi connectivity index (χ4n) is 1.84. The standard InChI is InChI=1S/C18H15ClO4/c1-12(11-17(20)13-3-7-15(19)8-4-13)23-18(21)14-5-9-16(22-2)10-6-14/h3-11H,1-2H3/b12-11+. The molecule has 0 amide bonds. The van der Waals surface area contributed by atoms with E-state index in [1.807, 2.05) is 0 Å². The lowest BCUT2D eigenvalue weighted by atomic mass is 10.1. The molecule has 0 fully saturated rings. The first-order valence-electron chi connectivity index (χ1n) is 6.84. The number of rotatable bonds is 5. The fourth-order valence-corrected chi connectivity index (χ4v) is 1.97. The molecule has 2 rings (SSSR count). The third-order valence-corrected chi connectivity index (χ3v) is 3.29. The van der Waals surface area contributed by atoms with Crippen LogP contribution >= 0.6 is 11.6 Å². The molecule has 5 heteroatoms. The highest BCUT2D eigenvalue weighted by molar-refractivity contribution is 6.30. The smallest absolute Gasteiger partial charge is 0.343 e. The van der Waals surface area contributed by atoms with Gasteiger partial charge in [0.05, 0.1) is 12.7 Å². The van der Waals surface area contributed by atoms with Crippen LogP contribution in [-0.4, -0.2) is 18.9 Å². The summed E-state index contributed by atoms with van der Waals surface area (Å²) in [4.78, 5) is 24.0. The Morgan fingerprint density at radius 3 is 2.09 bits per heavy atom. The van der Waals surface area contributed by atoms with Gasteiger partial charge in [-0.15, -0.1) is 0 Å². The van der Waals surface area contributed by atoms with Gasteiger partial charge in [-0.1, -0.05) is 11.6 Å². The molecule has 0 N–H and O–H groups in total. The van der Waals surface area contributed by atoms with Crippen molar-refractivity contribution < 1.29 is 19.1 Å². The van der Waals surface area contributed by atoms with Crippen LogP contribution in [0.3, 0.4) is 0 Å². The first-order valence-corrected chi connectivity index (χ1v) is 7.22. The van der Waals surface area contributed by atoms with Gasteiger partial charge < -0.3 is 9.47 Å². The third-order valence-electron chi connectivity index (χ3n) is 3.04. The van der Waals surface area contributed by atoms with Gasteiger partial charge in [0.25, 0.3) is 0 Å². The number of esters is 1. The summed E-state index contributed by atoms with van der Waals surface area (Å²) in [6, 6.07) is 13.0. The highest BCUT2D eigenvalue weighted by Gasteiger charge is 2.10. The van der Waals surface area contributed by atoms with Gasteiger partial charge in [0.1, 0.15) is 11.5 Å². The molecule has 0 aliphatic rings. The molecule has 0 unspecified atom stereocenters. The van der Waals surface area contributed by atoms with Crippen molar-refractivity contribution in [3.8, 4) is 5.75 Å². The summed E-state index contributed by atoms with van der Waals surface area (Å²) in [5, 5.41) is 0.549. The minimum atomic E-state index is -0.537. The number of carbonyl (C=O) groups excluding carboxylic acids is 2. The highest BCUT2D eigenvalue weighted by atomic mass is 35.5. The zero-order chi connectivity index (χ0) is 16.8. The average Bonchev–Trinajstić information content (AvgIpc) is 2.55. The van der Waals surface area contributed by atoms with Crippen LogP contribution in [0.2, 0.25) is 5.02 Å². The fraction of sp³-hybridized carbons (Fsp3) is 0.111. The van der Waals surface area contributed by atoms with Crippen LogP contribution in [0.25, 0.3) is 0 Å². The topological polar surface area (TPSA) is 52.6 Å². The zero-order valence-corrected chi connectivity index (χ0v) is 13.5. The van der Waals surface area contributed by atoms with E-state index in [2.05, 4.69) is 0 Å². The molecule has 0 aliphatic heterocycles. The predicted molar refractivity (Wildman–Crippen MR) is 87.9 cm³/mol. The Bertz CT molecular complexity index is 731. The maximum absolute atomic E-state index is 12.0. The quantitative estimate of drug-likeness (QED) is 0.355. The second kappa shape index (κ2) is 7.61. The molecular formula is C18H15ClO4. The molecule has 0 heterocycles. The Labute approximate surface area is 139 Å². The second-order valence-electron chi connectivity index (χ2n) is 4.74. The van der Waals surface area contributed by atoms with Gasteiger partial charge in [-0.05, 0) is 55.5 Å². The maximum atomic E-state index is 12.0. The summed E-state index contributed by atoms with van der Waals surface area (Å²) >= 11 is 5.78. The Morgan fingerprint density at radius 1 is 0.957 bits per heavy atom. The number of carbonyl (C=O) groups is 2. The van der Waals surface area contributed by atoms with E-state index in [4.69, 9.17) is 21.1 Å². The van der Waals surface area contributed by atoms with Crippen molar-refractivity contribution in [1.29, 1.82) is 0 Å². The molecule has 0 aromatic heterocycles. The van der Waals surface area contributed by atoms with Gasteiger partial charge in [0.2, 0.25) is 0 Å². The summed E-state index contributed by atoms with van der Waals surface area (Å²) in [6.45, 7) is 1.55. The van der Waals surface area contributed by atoms with E-state index in [0.29, 0.717) is 21.9 Å². The lowest BCUT2D eigenvalue weighted by Gasteiger charge is -2.05. The van der Waals surface area contributed by atoms with Crippen LogP contribution in [-0.2, 0) is 4.74 Å². The van der Waals surface area contributed by atoms with Crippen LogP contribution in [0.5, 0.6) is 5.75 Å². The summed E-state index contributed by atoms with van der Waals surface area (Å²) in [5.41, 5.74) is 0.840. The summed E-state index contributed by atoms with van der Waals surface area (Å²) in [5.74, 6) is 0.0597. The van der Waals surface area contributed by atoms with Gasteiger partial charge in [-0.2, -0.15) is 0 Å². The number of ketones is 1. The average molecular weight is 331 g/mol. The molecule has 2 aromatic carbocycles. The van der Waals surface area contributed by atoms with Crippen LogP contribution < -0.4 is 4.74 Å². The summed E-state index contributed by atoms with van der Waals surface area (Å²) < 4.78 is 10.2. The second-order valence-corrected chi connectivity index (χ2v) is 5.18. The summed E-state index contributed by atoms with van der Waals surface area (Å²) in [7, 11) is 1.54. The van der Waals surface area contributed by atoms with Crippen molar-refractivity contribution in [2.75, 3.05) is 7.11 Å². The van der Waals surface area contributed by atoms with Crippen LogP contribution in [0.1, 0.15) is 27.6 Å². The van der Waals surface area contributed by atoms with Crippen molar-refractivity contribution in [2.24, 2.45) is 0 Å². The van der Waals surface area contributed by atoms with E-state index in [1.165, 1.54) is 6.08 Å². The lowest BCUT2D eigenvalue weighted by Crippen LogP contribution is -2.05. The van der Waals surface area contributed by atoms with Crippen molar-refractivity contribution in [2.45, 2.75) is 6.92 Å². The highest BCUT2D eigenvalue weighted by Crippen LogP contribution is 2.14. The number of ether oxygens (including phenoxy) is 2. The molecule has 2 aromatic rings. The number of halogens is 1. The largest absolute Gasteiger partial charge is 0.497 e. The monoisotopic (exact) mass is 330 g/mol. The Balaban J connectivity index is 2.04. The predicted octanol–water partition coefficient (Wildman–Crippen LogP) is 4.29. The van der Waals surface area contributed by atoms with Crippen molar-refractivity contribution in [3.05, 3.63) is 76.5 Å².